The van der Waals surface area contributed by atoms with E-state index in [4.69, 9.17) is 16.3 Å². The summed E-state index contributed by atoms with van der Waals surface area (Å²) >= 11 is 6.03. The third-order valence-corrected chi connectivity index (χ3v) is 3.92. The monoisotopic (exact) mass is 267 g/mol. The zero-order valence-electron chi connectivity index (χ0n) is 10.5. The molecule has 0 aliphatic carbocycles. The maximum absolute atomic E-state index is 12.2. The second-order valence-corrected chi connectivity index (χ2v) is 5.04. The zero-order valence-corrected chi connectivity index (χ0v) is 11.3. The van der Waals surface area contributed by atoms with Gasteiger partial charge in [-0.1, -0.05) is 36.7 Å². The van der Waals surface area contributed by atoms with E-state index in [-0.39, 0.29) is 12.6 Å². The van der Waals surface area contributed by atoms with Crippen molar-refractivity contribution in [2.24, 2.45) is 0 Å². The molecule has 98 valence electrons. The molecule has 0 amide bonds. The van der Waals surface area contributed by atoms with Crippen LogP contribution in [0.3, 0.4) is 0 Å². The van der Waals surface area contributed by atoms with E-state index >= 15 is 0 Å². The average molecular weight is 268 g/mol. The molecular weight excluding hydrogens is 250 g/mol. The van der Waals surface area contributed by atoms with Gasteiger partial charge in [0.1, 0.15) is 12.1 Å². The molecule has 18 heavy (non-hydrogen) atoms. The third-order valence-electron chi connectivity index (χ3n) is 3.55. The molecular formula is C14H18ClNO2. The molecule has 0 bridgehead atoms. The molecule has 1 fully saturated rings. The number of hydrogen-bond donors (Lipinski definition) is 1. The van der Waals surface area contributed by atoms with Crippen molar-refractivity contribution in [3.05, 3.63) is 34.9 Å². The minimum atomic E-state index is -0.485. The van der Waals surface area contributed by atoms with Crippen molar-refractivity contribution in [2.75, 3.05) is 6.54 Å². The normalized spacial score (nSPS) is 23.0. The van der Waals surface area contributed by atoms with Crippen LogP contribution in [0.5, 0.6) is 0 Å². The van der Waals surface area contributed by atoms with Crippen molar-refractivity contribution in [1.29, 1.82) is 0 Å². The number of esters is 1. The summed E-state index contributed by atoms with van der Waals surface area (Å²) in [6, 6.07) is 7.42. The summed E-state index contributed by atoms with van der Waals surface area (Å²) in [5.74, 6) is -0.164. The van der Waals surface area contributed by atoms with E-state index in [2.05, 4.69) is 5.32 Å². The van der Waals surface area contributed by atoms with E-state index in [1.807, 2.05) is 25.1 Å². The largest absolute Gasteiger partial charge is 0.459 e. The highest BCUT2D eigenvalue weighted by Gasteiger charge is 2.40. The van der Waals surface area contributed by atoms with Crippen LogP contribution in [0.4, 0.5) is 0 Å². The van der Waals surface area contributed by atoms with Gasteiger partial charge in [0.05, 0.1) is 0 Å². The topological polar surface area (TPSA) is 38.3 Å². The summed E-state index contributed by atoms with van der Waals surface area (Å²) in [6.07, 6.45) is 2.63. The van der Waals surface area contributed by atoms with Crippen LogP contribution < -0.4 is 5.32 Å². The summed E-state index contributed by atoms with van der Waals surface area (Å²) in [7, 11) is 0. The quantitative estimate of drug-likeness (QED) is 0.853. The van der Waals surface area contributed by atoms with Crippen molar-refractivity contribution in [2.45, 2.75) is 38.3 Å². The standard InChI is InChI=1S/C14H18ClNO2/c1-2-14(8-5-9-16-14)13(17)18-10-11-6-3-4-7-12(11)15/h3-4,6-7,16H,2,5,8-10H2,1H3. The van der Waals surface area contributed by atoms with Gasteiger partial charge < -0.3 is 10.1 Å². The lowest BCUT2D eigenvalue weighted by molar-refractivity contribution is -0.152. The SMILES string of the molecule is CCC1(C(=O)OCc2ccccc2Cl)CCCN1. The minimum Gasteiger partial charge on any atom is -0.459 e. The van der Waals surface area contributed by atoms with Gasteiger partial charge in [-0.3, -0.25) is 4.79 Å². The Labute approximate surface area is 112 Å². The maximum atomic E-state index is 12.2. The molecule has 1 unspecified atom stereocenters. The van der Waals surface area contributed by atoms with E-state index in [1.54, 1.807) is 6.07 Å². The van der Waals surface area contributed by atoms with E-state index in [9.17, 15) is 4.79 Å². The van der Waals surface area contributed by atoms with Crippen LogP contribution in [0, 0.1) is 0 Å². The van der Waals surface area contributed by atoms with Gasteiger partial charge in [-0.05, 0) is 31.9 Å². The Balaban J connectivity index is 1.98. The lowest BCUT2D eigenvalue weighted by Crippen LogP contribution is -2.48. The maximum Gasteiger partial charge on any atom is 0.326 e. The van der Waals surface area contributed by atoms with Crippen LogP contribution in [0.15, 0.2) is 24.3 Å². The first kappa shape index (κ1) is 13.4. The molecule has 4 heteroatoms. The zero-order chi connectivity index (χ0) is 13.0. The van der Waals surface area contributed by atoms with Gasteiger partial charge in [0.2, 0.25) is 0 Å². The number of ether oxygens (including phenoxy) is 1. The summed E-state index contributed by atoms with van der Waals surface area (Å²) in [5, 5.41) is 3.90. The highest BCUT2D eigenvalue weighted by molar-refractivity contribution is 6.31. The van der Waals surface area contributed by atoms with E-state index in [1.165, 1.54) is 0 Å². The van der Waals surface area contributed by atoms with Gasteiger partial charge >= 0.3 is 5.97 Å². The van der Waals surface area contributed by atoms with Gasteiger partial charge in [-0.15, -0.1) is 0 Å². The second kappa shape index (κ2) is 5.72. The van der Waals surface area contributed by atoms with Gasteiger partial charge in [0.25, 0.3) is 0 Å². The van der Waals surface area contributed by atoms with Crippen molar-refractivity contribution < 1.29 is 9.53 Å². The fraction of sp³-hybridized carbons (Fsp3) is 0.500. The molecule has 1 atom stereocenters. The van der Waals surface area contributed by atoms with Gasteiger partial charge in [-0.2, -0.15) is 0 Å². The van der Waals surface area contributed by atoms with Crippen molar-refractivity contribution in [1.82, 2.24) is 5.32 Å². The molecule has 0 radical (unpaired) electrons. The second-order valence-electron chi connectivity index (χ2n) is 4.63. The Bertz CT molecular complexity index is 428. The number of nitrogens with one attached hydrogen (secondary N) is 1. The third kappa shape index (κ3) is 2.68. The van der Waals surface area contributed by atoms with E-state index in [0.29, 0.717) is 5.02 Å². The van der Waals surface area contributed by atoms with E-state index < -0.39 is 5.54 Å². The number of hydrogen-bond acceptors (Lipinski definition) is 3. The number of carbonyl (C=O) groups excluding carboxylic acids is 1. The lowest BCUT2D eigenvalue weighted by Gasteiger charge is -2.25. The first-order valence-corrected chi connectivity index (χ1v) is 6.71. The van der Waals surface area contributed by atoms with Gasteiger partial charge in [0.15, 0.2) is 0 Å². The van der Waals surface area contributed by atoms with Crippen molar-refractivity contribution >= 4 is 17.6 Å². The number of carbonyl (C=O) groups is 1. The van der Waals surface area contributed by atoms with Crippen LogP contribution in [0.2, 0.25) is 5.02 Å². The van der Waals surface area contributed by atoms with Crippen molar-refractivity contribution in [3.63, 3.8) is 0 Å². The predicted octanol–water partition coefficient (Wildman–Crippen LogP) is 2.92. The summed E-state index contributed by atoms with van der Waals surface area (Å²) in [6.45, 7) is 3.13. The van der Waals surface area contributed by atoms with Crippen LogP contribution in [0.25, 0.3) is 0 Å². The molecule has 1 N–H and O–H groups in total. The molecule has 0 saturated carbocycles. The van der Waals surface area contributed by atoms with Gasteiger partial charge in [-0.25, -0.2) is 0 Å². The molecule has 1 aliphatic heterocycles. The van der Waals surface area contributed by atoms with Crippen LogP contribution in [-0.2, 0) is 16.1 Å². The highest BCUT2D eigenvalue weighted by Crippen LogP contribution is 2.25. The Kier molecular flexibility index (Phi) is 4.25. The van der Waals surface area contributed by atoms with Crippen LogP contribution >= 0.6 is 11.6 Å². The number of halogens is 1. The molecule has 1 saturated heterocycles. The molecule has 1 heterocycles. The summed E-state index contributed by atoms with van der Waals surface area (Å²) in [5.41, 5.74) is 0.359. The van der Waals surface area contributed by atoms with E-state index in [0.717, 1.165) is 31.4 Å². The van der Waals surface area contributed by atoms with Crippen molar-refractivity contribution in [3.8, 4) is 0 Å². The molecule has 1 aliphatic rings. The molecule has 2 rings (SSSR count). The fourth-order valence-electron chi connectivity index (χ4n) is 2.32. The number of benzene rings is 1. The fourth-order valence-corrected chi connectivity index (χ4v) is 2.51. The first-order valence-electron chi connectivity index (χ1n) is 6.33. The minimum absolute atomic E-state index is 0.164. The summed E-state index contributed by atoms with van der Waals surface area (Å²) in [4.78, 5) is 12.2. The smallest absolute Gasteiger partial charge is 0.326 e. The van der Waals surface area contributed by atoms with Crippen LogP contribution in [-0.4, -0.2) is 18.1 Å². The highest BCUT2D eigenvalue weighted by atomic mass is 35.5. The molecule has 3 nitrogen and oxygen atoms in total. The Morgan fingerprint density at radius 1 is 1.50 bits per heavy atom. The molecule has 1 aromatic carbocycles. The molecule has 0 aromatic heterocycles. The van der Waals surface area contributed by atoms with Crippen LogP contribution in [0.1, 0.15) is 31.7 Å². The Hall–Kier alpha value is -1.06. The Morgan fingerprint density at radius 3 is 2.89 bits per heavy atom. The molecule has 0 spiro atoms. The average Bonchev–Trinajstić information content (AvgIpc) is 2.87. The Morgan fingerprint density at radius 2 is 2.28 bits per heavy atom. The lowest BCUT2D eigenvalue weighted by atomic mass is 9.94. The first-order chi connectivity index (χ1) is 8.68. The van der Waals surface area contributed by atoms with Gasteiger partial charge in [0, 0.05) is 10.6 Å². The predicted molar refractivity (Wildman–Crippen MR) is 71.5 cm³/mol. The number of rotatable bonds is 4. The summed E-state index contributed by atoms with van der Waals surface area (Å²) < 4.78 is 5.40. The molecule has 1 aromatic rings.